The SMILES string of the molecule is COc1cc(NC(=O)C(C)n2nc3c(cc2=O)CCC3)cc(OC)c1. The predicted molar refractivity (Wildman–Crippen MR) is 93.4 cm³/mol. The zero-order valence-electron chi connectivity index (χ0n) is 14.5. The fourth-order valence-electron chi connectivity index (χ4n) is 2.93. The van der Waals surface area contributed by atoms with Crippen LogP contribution in [0.5, 0.6) is 11.5 Å². The van der Waals surface area contributed by atoms with Gasteiger partial charge >= 0.3 is 0 Å². The molecular weight excluding hydrogens is 322 g/mol. The third-order valence-electron chi connectivity index (χ3n) is 4.35. The van der Waals surface area contributed by atoms with Crippen LogP contribution in [-0.2, 0) is 17.6 Å². The third-order valence-corrected chi connectivity index (χ3v) is 4.35. The van der Waals surface area contributed by atoms with Crippen LogP contribution >= 0.6 is 0 Å². The lowest BCUT2D eigenvalue weighted by molar-refractivity contribution is -0.119. The molecule has 1 atom stereocenters. The molecule has 0 fully saturated rings. The van der Waals surface area contributed by atoms with Crippen LogP contribution in [0.1, 0.15) is 30.6 Å². The van der Waals surface area contributed by atoms with Crippen LogP contribution in [0.3, 0.4) is 0 Å². The van der Waals surface area contributed by atoms with E-state index in [0.717, 1.165) is 30.5 Å². The van der Waals surface area contributed by atoms with Crippen LogP contribution in [0, 0.1) is 0 Å². The molecule has 0 bridgehead atoms. The molecule has 1 aliphatic carbocycles. The number of carbonyl (C=O) groups excluding carboxylic acids is 1. The minimum atomic E-state index is -0.726. The van der Waals surface area contributed by atoms with Crippen LogP contribution in [-0.4, -0.2) is 29.9 Å². The molecule has 1 aromatic carbocycles. The van der Waals surface area contributed by atoms with Crippen molar-refractivity contribution in [1.82, 2.24) is 9.78 Å². The summed E-state index contributed by atoms with van der Waals surface area (Å²) in [6.45, 7) is 1.66. The van der Waals surface area contributed by atoms with E-state index in [1.807, 2.05) is 0 Å². The topological polar surface area (TPSA) is 82.5 Å². The van der Waals surface area contributed by atoms with E-state index in [9.17, 15) is 9.59 Å². The fraction of sp³-hybridized carbons (Fsp3) is 0.389. The largest absolute Gasteiger partial charge is 0.497 e. The molecule has 25 heavy (non-hydrogen) atoms. The van der Waals surface area contributed by atoms with Crippen molar-refractivity contribution in [3.05, 3.63) is 45.9 Å². The Kier molecular flexibility index (Phi) is 4.74. The number of hydrogen-bond donors (Lipinski definition) is 1. The molecule has 132 valence electrons. The second kappa shape index (κ2) is 6.96. The number of fused-ring (bicyclic) bond motifs is 1. The number of carbonyl (C=O) groups is 1. The van der Waals surface area contributed by atoms with Gasteiger partial charge in [0.05, 0.1) is 19.9 Å². The standard InChI is InChI=1S/C18H21N3O4/c1-11(21-17(22)7-12-5-4-6-16(12)20-21)18(23)19-13-8-14(24-2)10-15(9-13)25-3/h7-11H,4-6H2,1-3H3,(H,19,23). The molecule has 0 spiro atoms. The van der Waals surface area contributed by atoms with Gasteiger partial charge in [-0.2, -0.15) is 5.10 Å². The maximum Gasteiger partial charge on any atom is 0.267 e. The van der Waals surface area contributed by atoms with Gasteiger partial charge in [0.1, 0.15) is 17.5 Å². The van der Waals surface area contributed by atoms with Crippen molar-refractivity contribution in [3.63, 3.8) is 0 Å². The van der Waals surface area contributed by atoms with Gasteiger partial charge in [0.25, 0.3) is 5.56 Å². The Morgan fingerprint density at radius 2 is 1.84 bits per heavy atom. The van der Waals surface area contributed by atoms with E-state index >= 15 is 0 Å². The second-order valence-corrected chi connectivity index (χ2v) is 6.02. The molecule has 3 rings (SSSR count). The number of methoxy groups -OCH3 is 2. The van der Waals surface area contributed by atoms with E-state index in [4.69, 9.17) is 9.47 Å². The summed E-state index contributed by atoms with van der Waals surface area (Å²) in [7, 11) is 3.08. The number of nitrogens with zero attached hydrogens (tertiary/aromatic N) is 2. The first-order valence-corrected chi connectivity index (χ1v) is 8.17. The number of amides is 1. The van der Waals surface area contributed by atoms with Crippen LogP contribution in [0.15, 0.2) is 29.1 Å². The van der Waals surface area contributed by atoms with Gasteiger partial charge < -0.3 is 14.8 Å². The van der Waals surface area contributed by atoms with Gasteiger partial charge in [-0.15, -0.1) is 0 Å². The Morgan fingerprint density at radius 1 is 1.16 bits per heavy atom. The number of hydrogen-bond acceptors (Lipinski definition) is 5. The Balaban J connectivity index is 1.83. The Bertz CT molecular complexity index is 838. The number of nitrogens with one attached hydrogen (secondary N) is 1. The maximum absolute atomic E-state index is 12.6. The molecule has 1 aromatic heterocycles. The molecule has 1 aliphatic rings. The zero-order chi connectivity index (χ0) is 18.0. The summed E-state index contributed by atoms with van der Waals surface area (Å²) in [5, 5.41) is 7.16. The summed E-state index contributed by atoms with van der Waals surface area (Å²) in [6.07, 6.45) is 2.72. The van der Waals surface area contributed by atoms with Gasteiger partial charge in [-0.1, -0.05) is 0 Å². The molecule has 2 aromatic rings. The highest BCUT2D eigenvalue weighted by Gasteiger charge is 2.21. The Hall–Kier alpha value is -2.83. The van der Waals surface area contributed by atoms with Crippen molar-refractivity contribution in [2.45, 2.75) is 32.2 Å². The van der Waals surface area contributed by atoms with Gasteiger partial charge in [0.2, 0.25) is 5.91 Å². The maximum atomic E-state index is 12.6. The number of benzene rings is 1. The van der Waals surface area contributed by atoms with Crippen molar-refractivity contribution in [3.8, 4) is 11.5 Å². The number of ether oxygens (including phenoxy) is 2. The molecule has 7 heteroatoms. The van der Waals surface area contributed by atoms with Gasteiger partial charge in [-0.05, 0) is 31.7 Å². The smallest absolute Gasteiger partial charge is 0.267 e. The van der Waals surface area contributed by atoms with Gasteiger partial charge in [0.15, 0.2) is 0 Å². The minimum Gasteiger partial charge on any atom is -0.497 e. The molecule has 1 N–H and O–H groups in total. The van der Waals surface area contributed by atoms with Crippen molar-refractivity contribution < 1.29 is 14.3 Å². The summed E-state index contributed by atoms with van der Waals surface area (Å²) in [4.78, 5) is 24.8. The number of anilines is 1. The third kappa shape index (κ3) is 3.50. The number of aromatic nitrogens is 2. The minimum absolute atomic E-state index is 0.258. The number of rotatable bonds is 5. The lowest BCUT2D eigenvalue weighted by atomic mass is 10.2. The zero-order valence-corrected chi connectivity index (χ0v) is 14.5. The van der Waals surface area contributed by atoms with Crippen LogP contribution in [0.25, 0.3) is 0 Å². The van der Waals surface area contributed by atoms with Crippen molar-refractivity contribution in [2.24, 2.45) is 0 Å². The van der Waals surface area contributed by atoms with E-state index in [1.165, 1.54) is 18.9 Å². The normalized spacial score (nSPS) is 13.9. The molecule has 0 radical (unpaired) electrons. The first-order valence-electron chi connectivity index (χ1n) is 8.17. The molecule has 7 nitrogen and oxygen atoms in total. The van der Waals surface area contributed by atoms with E-state index in [1.54, 1.807) is 31.2 Å². The van der Waals surface area contributed by atoms with Crippen LogP contribution in [0.2, 0.25) is 0 Å². The van der Waals surface area contributed by atoms with E-state index in [-0.39, 0.29) is 11.5 Å². The van der Waals surface area contributed by atoms with E-state index < -0.39 is 6.04 Å². The molecule has 0 saturated heterocycles. The van der Waals surface area contributed by atoms with Crippen LogP contribution < -0.4 is 20.3 Å². The summed E-state index contributed by atoms with van der Waals surface area (Å²) >= 11 is 0. The lowest BCUT2D eigenvalue weighted by Gasteiger charge is -2.16. The Morgan fingerprint density at radius 3 is 2.48 bits per heavy atom. The Labute approximate surface area is 145 Å². The van der Waals surface area contributed by atoms with Crippen molar-refractivity contribution in [2.75, 3.05) is 19.5 Å². The summed E-state index contributed by atoms with van der Waals surface area (Å²) < 4.78 is 11.6. The van der Waals surface area contributed by atoms with Crippen molar-refractivity contribution >= 4 is 11.6 Å². The quantitative estimate of drug-likeness (QED) is 0.897. The first kappa shape index (κ1) is 17.0. The molecular formula is C18H21N3O4. The highest BCUT2D eigenvalue weighted by molar-refractivity contribution is 5.93. The van der Waals surface area contributed by atoms with Gasteiger partial charge in [-0.3, -0.25) is 9.59 Å². The number of aryl methyl sites for hydroxylation is 2. The summed E-state index contributed by atoms with van der Waals surface area (Å²) in [5.41, 5.74) is 2.17. The molecule has 0 saturated carbocycles. The average molecular weight is 343 g/mol. The highest BCUT2D eigenvalue weighted by Crippen LogP contribution is 2.26. The fourth-order valence-corrected chi connectivity index (χ4v) is 2.93. The molecule has 1 heterocycles. The van der Waals surface area contributed by atoms with Crippen LogP contribution in [0.4, 0.5) is 5.69 Å². The van der Waals surface area contributed by atoms with Gasteiger partial charge in [-0.25, -0.2) is 4.68 Å². The van der Waals surface area contributed by atoms with E-state index in [2.05, 4.69) is 10.4 Å². The predicted octanol–water partition coefficient (Wildman–Crippen LogP) is 1.95. The summed E-state index contributed by atoms with van der Waals surface area (Å²) in [6, 6.07) is 5.95. The van der Waals surface area contributed by atoms with Crippen molar-refractivity contribution in [1.29, 1.82) is 0 Å². The molecule has 1 unspecified atom stereocenters. The molecule has 1 amide bonds. The highest BCUT2D eigenvalue weighted by atomic mass is 16.5. The summed E-state index contributed by atoms with van der Waals surface area (Å²) in [5.74, 6) is 0.799. The first-order chi connectivity index (χ1) is 12.0. The average Bonchev–Trinajstić information content (AvgIpc) is 3.06. The lowest BCUT2D eigenvalue weighted by Crippen LogP contribution is -2.34. The van der Waals surface area contributed by atoms with Gasteiger partial charge in [0, 0.05) is 30.0 Å². The monoisotopic (exact) mass is 343 g/mol. The second-order valence-electron chi connectivity index (χ2n) is 6.02. The van der Waals surface area contributed by atoms with E-state index in [0.29, 0.717) is 17.2 Å². The molecule has 0 aliphatic heterocycles.